The van der Waals surface area contributed by atoms with Crippen molar-refractivity contribution >= 4 is 11.9 Å². The van der Waals surface area contributed by atoms with Crippen LogP contribution >= 0.6 is 0 Å². The lowest BCUT2D eigenvalue weighted by Crippen LogP contribution is -2.67. The van der Waals surface area contributed by atoms with Gasteiger partial charge in [-0.2, -0.15) is 0 Å². The van der Waals surface area contributed by atoms with Gasteiger partial charge in [-0.25, -0.2) is 4.79 Å². The van der Waals surface area contributed by atoms with Gasteiger partial charge >= 0.3 is 5.97 Å². The topological polar surface area (TPSA) is 84.9 Å². The second-order valence-electron chi connectivity index (χ2n) is 6.58. The van der Waals surface area contributed by atoms with Crippen molar-refractivity contribution in [1.29, 1.82) is 0 Å². The fraction of sp³-hybridized carbons (Fsp3) is 0.857. The first-order valence-electron chi connectivity index (χ1n) is 7.21. The molecule has 2 saturated heterocycles. The molecule has 1 aliphatic carbocycles. The average Bonchev–Trinajstić information content (AvgIpc) is 3.03. The molecule has 3 unspecified atom stereocenters. The molecular weight excluding hydrogens is 262 g/mol. The average molecular weight is 283 g/mol. The van der Waals surface area contributed by atoms with Crippen LogP contribution in [0.5, 0.6) is 0 Å². The highest BCUT2D eigenvalue weighted by Crippen LogP contribution is 2.52. The van der Waals surface area contributed by atoms with Gasteiger partial charge in [0.1, 0.15) is 6.10 Å². The lowest BCUT2D eigenvalue weighted by Gasteiger charge is -2.54. The van der Waals surface area contributed by atoms with Crippen LogP contribution < -0.4 is 5.32 Å². The van der Waals surface area contributed by atoms with Crippen molar-refractivity contribution in [3.05, 3.63) is 0 Å². The minimum absolute atomic E-state index is 0.0678. The van der Waals surface area contributed by atoms with E-state index in [1.165, 1.54) is 0 Å². The molecule has 6 heteroatoms. The third-order valence-electron chi connectivity index (χ3n) is 4.99. The second-order valence-corrected chi connectivity index (χ2v) is 6.58. The van der Waals surface area contributed by atoms with E-state index in [1.807, 2.05) is 0 Å². The number of rotatable bonds is 3. The maximum Gasteiger partial charge on any atom is 0.332 e. The fourth-order valence-corrected chi connectivity index (χ4v) is 3.88. The number of aliphatic carboxylic acids is 1. The zero-order valence-electron chi connectivity index (χ0n) is 11.8. The minimum atomic E-state index is -0.992. The number of amides is 1. The van der Waals surface area contributed by atoms with Crippen LogP contribution in [0.15, 0.2) is 0 Å². The molecule has 0 spiro atoms. The van der Waals surface area contributed by atoms with Gasteiger partial charge in [-0.3, -0.25) is 4.79 Å². The van der Waals surface area contributed by atoms with Crippen molar-refractivity contribution in [2.75, 3.05) is 6.61 Å². The smallest absolute Gasteiger partial charge is 0.332 e. The molecule has 20 heavy (non-hydrogen) atoms. The van der Waals surface area contributed by atoms with E-state index in [0.717, 1.165) is 13.0 Å². The Bertz CT molecular complexity index is 435. The van der Waals surface area contributed by atoms with E-state index >= 15 is 0 Å². The number of ether oxygens (including phenoxy) is 2. The van der Waals surface area contributed by atoms with Crippen molar-refractivity contribution in [3.8, 4) is 0 Å². The molecule has 2 heterocycles. The predicted octanol–water partition coefficient (Wildman–Crippen LogP) is 0.548. The molecule has 0 aromatic heterocycles. The summed E-state index contributed by atoms with van der Waals surface area (Å²) in [5.74, 6) is -0.795. The zero-order valence-corrected chi connectivity index (χ0v) is 11.8. The summed E-state index contributed by atoms with van der Waals surface area (Å²) >= 11 is 0. The van der Waals surface area contributed by atoms with Crippen molar-refractivity contribution < 1.29 is 24.2 Å². The number of hydrogen-bond acceptors (Lipinski definition) is 4. The molecule has 6 nitrogen and oxygen atoms in total. The van der Waals surface area contributed by atoms with Crippen LogP contribution in [0, 0.1) is 11.3 Å². The molecule has 3 fully saturated rings. The standard InChI is InChI=1S/C14H21NO5/c1-14(2)10(7-5-6-19-11(7)14)15-12(16)8-3-4-9(20-8)13(17)18/h7-11H,3-6H2,1-2H3,(H,15,16)(H,17,18)/t7?,8-,9+,10?,11?/m0/s1. The highest BCUT2D eigenvalue weighted by atomic mass is 16.5. The van der Waals surface area contributed by atoms with E-state index in [-0.39, 0.29) is 23.5 Å². The van der Waals surface area contributed by atoms with Gasteiger partial charge in [0.05, 0.1) is 6.10 Å². The van der Waals surface area contributed by atoms with E-state index in [0.29, 0.717) is 18.8 Å². The Morgan fingerprint density at radius 3 is 2.55 bits per heavy atom. The molecule has 2 aliphatic heterocycles. The lowest BCUT2D eigenvalue weighted by atomic mass is 9.57. The molecule has 2 N–H and O–H groups in total. The van der Waals surface area contributed by atoms with Crippen LogP contribution in [-0.2, 0) is 19.1 Å². The first-order valence-corrected chi connectivity index (χ1v) is 7.21. The Balaban J connectivity index is 1.59. The van der Waals surface area contributed by atoms with Crippen LogP contribution in [0.25, 0.3) is 0 Å². The number of carboxylic acid groups (broad SMARTS) is 1. The third kappa shape index (κ3) is 2.02. The Morgan fingerprint density at radius 1 is 1.20 bits per heavy atom. The van der Waals surface area contributed by atoms with E-state index < -0.39 is 18.2 Å². The Morgan fingerprint density at radius 2 is 1.90 bits per heavy atom. The maximum atomic E-state index is 12.2. The molecule has 0 aromatic carbocycles. The van der Waals surface area contributed by atoms with Crippen molar-refractivity contribution in [3.63, 3.8) is 0 Å². The zero-order chi connectivity index (χ0) is 14.5. The SMILES string of the molecule is CC1(C)C(NC(=O)[C@@H]2CC[C@H](C(=O)O)O2)C2CCOC21. The first-order chi connectivity index (χ1) is 9.41. The normalized spacial score (nSPS) is 41.8. The molecule has 5 atom stereocenters. The molecule has 0 radical (unpaired) electrons. The van der Waals surface area contributed by atoms with Gasteiger partial charge in [0.15, 0.2) is 6.10 Å². The Hall–Kier alpha value is -1.14. The molecular formula is C14H21NO5. The number of carbonyl (C=O) groups is 2. The Kier molecular flexibility index (Phi) is 3.25. The van der Waals surface area contributed by atoms with E-state index in [9.17, 15) is 9.59 Å². The number of nitrogens with one attached hydrogen (secondary N) is 1. The number of carboxylic acids is 1. The quantitative estimate of drug-likeness (QED) is 0.790. The van der Waals surface area contributed by atoms with Crippen molar-refractivity contribution in [2.24, 2.45) is 11.3 Å². The van der Waals surface area contributed by atoms with Gasteiger partial charge in [-0.1, -0.05) is 13.8 Å². The van der Waals surface area contributed by atoms with E-state index in [2.05, 4.69) is 19.2 Å². The number of carbonyl (C=O) groups excluding carboxylic acids is 1. The van der Waals surface area contributed by atoms with E-state index in [1.54, 1.807) is 0 Å². The molecule has 0 aromatic rings. The van der Waals surface area contributed by atoms with Crippen LogP contribution in [-0.4, -0.2) is 47.9 Å². The minimum Gasteiger partial charge on any atom is -0.479 e. The van der Waals surface area contributed by atoms with Gasteiger partial charge in [-0.15, -0.1) is 0 Å². The highest BCUT2D eigenvalue weighted by Gasteiger charge is 2.60. The summed E-state index contributed by atoms with van der Waals surface area (Å²) in [5.41, 5.74) is -0.0678. The molecule has 3 aliphatic rings. The second kappa shape index (κ2) is 4.70. The number of fused-ring (bicyclic) bond motifs is 1. The summed E-state index contributed by atoms with van der Waals surface area (Å²) < 4.78 is 11.0. The van der Waals surface area contributed by atoms with E-state index in [4.69, 9.17) is 14.6 Å². The lowest BCUT2D eigenvalue weighted by molar-refractivity contribution is -0.155. The molecule has 1 saturated carbocycles. The maximum absolute atomic E-state index is 12.2. The monoisotopic (exact) mass is 283 g/mol. The first kappa shape index (κ1) is 13.8. The van der Waals surface area contributed by atoms with Crippen LogP contribution in [0.1, 0.15) is 33.1 Å². The summed E-state index contributed by atoms with van der Waals surface area (Å²) in [6.45, 7) is 4.95. The van der Waals surface area contributed by atoms with Crippen molar-refractivity contribution in [1.82, 2.24) is 5.32 Å². The summed E-state index contributed by atoms with van der Waals surface area (Å²) in [6, 6.07) is 0.0926. The molecule has 3 rings (SSSR count). The predicted molar refractivity (Wildman–Crippen MR) is 69.1 cm³/mol. The van der Waals surface area contributed by atoms with Gasteiger partial charge in [0.2, 0.25) is 5.91 Å². The summed E-state index contributed by atoms with van der Waals surface area (Å²) in [7, 11) is 0. The largest absolute Gasteiger partial charge is 0.479 e. The van der Waals surface area contributed by atoms with Crippen LogP contribution in [0.4, 0.5) is 0 Å². The van der Waals surface area contributed by atoms with Crippen molar-refractivity contribution in [2.45, 2.75) is 57.5 Å². The molecule has 112 valence electrons. The van der Waals surface area contributed by atoms with Gasteiger partial charge in [-0.05, 0) is 19.3 Å². The fourth-order valence-electron chi connectivity index (χ4n) is 3.88. The van der Waals surface area contributed by atoms with Gasteiger partial charge in [0.25, 0.3) is 0 Å². The van der Waals surface area contributed by atoms with Gasteiger partial charge < -0.3 is 19.9 Å². The van der Waals surface area contributed by atoms with Crippen LogP contribution in [0.2, 0.25) is 0 Å². The highest BCUT2D eigenvalue weighted by molar-refractivity contribution is 5.83. The van der Waals surface area contributed by atoms with Crippen LogP contribution in [0.3, 0.4) is 0 Å². The summed E-state index contributed by atoms with van der Waals surface area (Å²) in [4.78, 5) is 23.1. The summed E-state index contributed by atoms with van der Waals surface area (Å²) in [6.07, 6.45) is 0.597. The molecule has 1 amide bonds. The number of hydrogen-bond donors (Lipinski definition) is 2. The third-order valence-corrected chi connectivity index (χ3v) is 4.99. The Labute approximate surface area is 117 Å². The molecule has 0 bridgehead atoms. The van der Waals surface area contributed by atoms with Gasteiger partial charge in [0, 0.05) is 24.0 Å². The summed E-state index contributed by atoms with van der Waals surface area (Å²) in [5, 5.41) is 11.9.